The molecule has 5 nitrogen and oxygen atoms in total. The van der Waals surface area contributed by atoms with Gasteiger partial charge in [-0.25, -0.2) is 26.0 Å². The van der Waals surface area contributed by atoms with E-state index in [-0.39, 0.29) is 26.2 Å². The number of piperazine rings is 1. The first kappa shape index (κ1) is 19.3. The van der Waals surface area contributed by atoms with Crippen molar-refractivity contribution in [3.05, 3.63) is 65.2 Å². The van der Waals surface area contributed by atoms with E-state index in [0.29, 0.717) is 12.1 Å². The first-order valence-corrected chi connectivity index (χ1v) is 9.34. The van der Waals surface area contributed by atoms with E-state index in [9.17, 15) is 30.8 Å². The maximum absolute atomic E-state index is 13.8. The quantitative estimate of drug-likeness (QED) is 0.741. The molecule has 0 unspecified atom stereocenters. The van der Waals surface area contributed by atoms with Crippen LogP contribution in [0.25, 0.3) is 0 Å². The van der Waals surface area contributed by atoms with Crippen LogP contribution in [-0.2, 0) is 10.0 Å². The zero-order valence-electron chi connectivity index (χ0n) is 13.8. The molecule has 1 saturated heterocycles. The van der Waals surface area contributed by atoms with E-state index in [2.05, 4.69) is 0 Å². The highest BCUT2D eigenvalue weighted by molar-refractivity contribution is 7.89. The molecule has 27 heavy (non-hydrogen) atoms. The minimum Gasteiger partial charge on any atom is -0.336 e. The zero-order valence-corrected chi connectivity index (χ0v) is 14.6. The maximum atomic E-state index is 13.8. The van der Waals surface area contributed by atoms with E-state index in [1.54, 1.807) is 0 Å². The molecule has 144 valence electrons. The summed E-state index contributed by atoms with van der Waals surface area (Å²) < 4.78 is 79.9. The Hall–Kier alpha value is -2.46. The van der Waals surface area contributed by atoms with Gasteiger partial charge in [0.15, 0.2) is 11.6 Å². The lowest BCUT2D eigenvalue weighted by Crippen LogP contribution is -2.50. The van der Waals surface area contributed by atoms with Crippen LogP contribution in [0.3, 0.4) is 0 Å². The molecule has 0 saturated carbocycles. The summed E-state index contributed by atoms with van der Waals surface area (Å²) in [6.45, 7) is -0.503. The Balaban J connectivity index is 1.75. The van der Waals surface area contributed by atoms with Crippen molar-refractivity contribution in [3.63, 3.8) is 0 Å². The molecule has 3 rings (SSSR count). The van der Waals surface area contributed by atoms with Crippen LogP contribution in [-0.4, -0.2) is 49.7 Å². The van der Waals surface area contributed by atoms with Crippen LogP contribution in [0.4, 0.5) is 17.6 Å². The van der Waals surface area contributed by atoms with Gasteiger partial charge in [-0.05, 0) is 30.3 Å². The summed E-state index contributed by atoms with van der Waals surface area (Å²) in [6, 6.07) is 5.29. The number of halogens is 4. The number of nitrogens with zero attached hydrogens (tertiary/aromatic N) is 2. The maximum Gasteiger partial charge on any atom is 0.259 e. The summed E-state index contributed by atoms with van der Waals surface area (Å²) in [7, 11) is -4.09. The predicted molar refractivity (Wildman–Crippen MR) is 87.4 cm³/mol. The van der Waals surface area contributed by atoms with Gasteiger partial charge in [-0.2, -0.15) is 4.31 Å². The molecule has 0 bridgehead atoms. The fourth-order valence-corrected chi connectivity index (χ4v) is 4.21. The predicted octanol–water partition coefficient (Wildman–Crippen LogP) is 2.39. The second-order valence-corrected chi connectivity index (χ2v) is 7.81. The van der Waals surface area contributed by atoms with Gasteiger partial charge in [0.2, 0.25) is 10.0 Å². The largest absolute Gasteiger partial charge is 0.336 e. The van der Waals surface area contributed by atoms with Crippen molar-refractivity contribution in [2.75, 3.05) is 26.2 Å². The van der Waals surface area contributed by atoms with E-state index < -0.39 is 49.7 Å². The number of hydrogen-bond donors (Lipinski definition) is 0. The van der Waals surface area contributed by atoms with Crippen molar-refractivity contribution in [3.8, 4) is 0 Å². The van der Waals surface area contributed by atoms with Crippen LogP contribution >= 0.6 is 0 Å². The Morgan fingerprint density at radius 3 is 1.96 bits per heavy atom. The summed E-state index contributed by atoms with van der Waals surface area (Å²) >= 11 is 0. The van der Waals surface area contributed by atoms with Gasteiger partial charge in [0, 0.05) is 26.2 Å². The molecule has 1 fully saturated rings. The number of hydrogen-bond acceptors (Lipinski definition) is 3. The monoisotopic (exact) mass is 402 g/mol. The molecule has 0 aromatic heterocycles. The van der Waals surface area contributed by atoms with Crippen LogP contribution in [0.2, 0.25) is 0 Å². The Bertz CT molecular complexity index is 969. The molecule has 1 heterocycles. The molecule has 1 aliphatic heterocycles. The van der Waals surface area contributed by atoms with E-state index in [1.807, 2.05) is 0 Å². The van der Waals surface area contributed by atoms with Crippen LogP contribution in [0.5, 0.6) is 0 Å². The molecule has 0 spiro atoms. The topological polar surface area (TPSA) is 57.7 Å². The van der Waals surface area contributed by atoms with Crippen LogP contribution in [0, 0.1) is 23.3 Å². The SMILES string of the molecule is O=C(c1c(F)cccc1F)N1CCN(S(=O)(=O)c2ccc(F)c(F)c2)CC1. The smallest absolute Gasteiger partial charge is 0.259 e. The third kappa shape index (κ3) is 3.67. The molecule has 2 aromatic carbocycles. The minimum absolute atomic E-state index is 0.102. The van der Waals surface area contributed by atoms with Gasteiger partial charge in [-0.15, -0.1) is 0 Å². The average Bonchev–Trinajstić information content (AvgIpc) is 2.63. The third-order valence-corrected chi connectivity index (χ3v) is 6.13. The molecule has 10 heteroatoms. The number of amides is 1. The van der Waals surface area contributed by atoms with E-state index >= 15 is 0 Å². The first-order valence-electron chi connectivity index (χ1n) is 7.90. The fraction of sp³-hybridized carbons (Fsp3) is 0.235. The fourth-order valence-electron chi connectivity index (χ4n) is 2.78. The van der Waals surface area contributed by atoms with Gasteiger partial charge in [0.25, 0.3) is 5.91 Å². The molecule has 1 amide bonds. The molecular formula is C17H14F4N2O3S. The van der Waals surface area contributed by atoms with Crippen molar-refractivity contribution < 1.29 is 30.8 Å². The van der Waals surface area contributed by atoms with E-state index in [4.69, 9.17) is 0 Å². The number of carbonyl (C=O) groups is 1. The standard InChI is InChI=1S/C17H14F4N2O3S/c18-12-5-4-11(10-15(12)21)27(25,26)23-8-6-22(7-9-23)17(24)16-13(19)2-1-3-14(16)20/h1-5,10H,6-9H2. The molecule has 0 atom stereocenters. The van der Waals surface area contributed by atoms with Gasteiger partial charge in [-0.1, -0.05) is 6.07 Å². The highest BCUT2D eigenvalue weighted by atomic mass is 32.2. The van der Waals surface area contributed by atoms with Crippen LogP contribution in [0.1, 0.15) is 10.4 Å². The summed E-state index contributed by atoms with van der Waals surface area (Å²) in [5.74, 6) is -5.35. The Kier molecular flexibility index (Phi) is 5.20. The van der Waals surface area contributed by atoms with Gasteiger partial charge in [0.1, 0.15) is 17.2 Å². The average molecular weight is 402 g/mol. The summed E-state index contributed by atoms with van der Waals surface area (Å²) in [4.78, 5) is 13.1. The van der Waals surface area contributed by atoms with Gasteiger partial charge >= 0.3 is 0 Å². The van der Waals surface area contributed by atoms with Crippen molar-refractivity contribution in [1.82, 2.24) is 9.21 Å². The minimum atomic E-state index is -4.09. The molecule has 2 aromatic rings. The van der Waals surface area contributed by atoms with Crippen LogP contribution < -0.4 is 0 Å². The molecular weight excluding hydrogens is 388 g/mol. The summed E-state index contributed by atoms with van der Waals surface area (Å²) in [5, 5.41) is 0. The second kappa shape index (κ2) is 7.28. The van der Waals surface area contributed by atoms with Gasteiger partial charge in [-0.3, -0.25) is 4.79 Å². The second-order valence-electron chi connectivity index (χ2n) is 5.87. The zero-order chi connectivity index (χ0) is 19.8. The van der Waals surface area contributed by atoms with Crippen molar-refractivity contribution in [2.24, 2.45) is 0 Å². The Morgan fingerprint density at radius 2 is 1.41 bits per heavy atom. The van der Waals surface area contributed by atoms with Gasteiger partial charge in [0.05, 0.1) is 4.90 Å². The summed E-state index contributed by atoms with van der Waals surface area (Å²) in [6.07, 6.45) is 0. The van der Waals surface area contributed by atoms with E-state index in [1.165, 1.54) is 0 Å². The molecule has 1 aliphatic rings. The van der Waals surface area contributed by atoms with Crippen LogP contribution in [0.15, 0.2) is 41.3 Å². The first-order chi connectivity index (χ1) is 12.7. The molecule has 0 aliphatic carbocycles. The highest BCUT2D eigenvalue weighted by Crippen LogP contribution is 2.21. The third-order valence-electron chi connectivity index (χ3n) is 4.23. The Labute approximate surface area is 152 Å². The van der Waals surface area contributed by atoms with E-state index in [0.717, 1.165) is 33.5 Å². The number of carbonyl (C=O) groups excluding carboxylic acids is 1. The summed E-state index contributed by atoms with van der Waals surface area (Å²) in [5.41, 5.74) is -0.700. The van der Waals surface area contributed by atoms with Gasteiger partial charge < -0.3 is 4.90 Å². The molecule has 0 radical (unpaired) electrons. The molecule has 0 N–H and O–H groups in total. The Morgan fingerprint density at radius 1 is 0.815 bits per heavy atom. The normalized spacial score (nSPS) is 15.8. The number of benzene rings is 2. The highest BCUT2D eigenvalue weighted by Gasteiger charge is 2.32. The van der Waals surface area contributed by atoms with Crippen molar-refractivity contribution in [2.45, 2.75) is 4.90 Å². The van der Waals surface area contributed by atoms with Crippen molar-refractivity contribution >= 4 is 15.9 Å². The lowest BCUT2D eigenvalue weighted by molar-refractivity contribution is 0.0688. The lowest BCUT2D eigenvalue weighted by Gasteiger charge is -2.34. The lowest BCUT2D eigenvalue weighted by atomic mass is 10.1. The number of rotatable bonds is 3. The van der Waals surface area contributed by atoms with Crippen molar-refractivity contribution in [1.29, 1.82) is 0 Å². The number of sulfonamides is 1.